The monoisotopic (exact) mass is 262 g/mol. The standard InChI is InChI=1S/C15H22N2O2/c1-17-9-7-12(8-10-17)11-19-15(18)14(16)13-5-3-2-4-6-13/h2-6,12,14H,7-11,16H2,1H3. The second-order valence-electron chi connectivity index (χ2n) is 5.27. The van der Waals surface area contributed by atoms with Gasteiger partial charge in [0.2, 0.25) is 0 Å². The number of rotatable bonds is 4. The van der Waals surface area contributed by atoms with Crippen molar-refractivity contribution >= 4 is 5.97 Å². The summed E-state index contributed by atoms with van der Waals surface area (Å²) in [5.74, 6) is 0.147. The molecule has 1 heterocycles. The minimum absolute atomic E-state index is 0.329. The van der Waals surface area contributed by atoms with E-state index in [-0.39, 0.29) is 5.97 Å². The van der Waals surface area contributed by atoms with Crippen LogP contribution >= 0.6 is 0 Å². The Morgan fingerprint density at radius 2 is 2.00 bits per heavy atom. The van der Waals surface area contributed by atoms with Gasteiger partial charge in [-0.15, -0.1) is 0 Å². The van der Waals surface area contributed by atoms with Gasteiger partial charge in [0.1, 0.15) is 6.04 Å². The molecule has 1 unspecified atom stereocenters. The third-order valence-electron chi connectivity index (χ3n) is 3.71. The number of piperidine rings is 1. The Morgan fingerprint density at radius 3 is 2.63 bits per heavy atom. The molecule has 4 nitrogen and oxygen atoms in total. The van der Waals surface area contributed by atoms with Gasteiger partial charge in [-0.25, -0.2) is 4.79 Å². The van der Waals surface area contributed by atoms with E-state index in [1.165, 1.54) is 0 Å². The number of ether oxygens (including phenoxy) is 1. The third-order valence-corrected chi connectivity index (χ3v) is 3.71. The van der Waals surface area contributed by atoms with Crippen molar-refractivity contribution < 1.29 is 9.53 Å². The van der Waals surface area contributed by atoms with Crippen molar-refractivity contribution in [3.8, 4) is 0 Å². The number of benzene rings is 1. The van der Waals surface area contributed by atoms with Crippen LogP contribution in [0.1, 0.15) is 24.4 Å². The first-order valence-electron chi connectivity index (χ1n) is 6.82. The van der Waals surface area contributed by atoms with Crippen molar-refractivity contribution in [1.29, 1.82) is 0 Å². The molecule has 1 aromatic rings. The molecule has 2 N–H and O–H groups in total. The quantitative estimate of drug-likeness (QED) is 0.837. The zero-order valence-electron chi connectivity index (χ0n) is 11.4. The van der Waals surface area contributed by atoms with E-state index >= 15 is 0 Å². The van der Waals surface area contributed by atoms with E-state index in [1.807, 2.05) is 30.3 Å². The van der Waals surface area contributed by atoms with Crippen LogP contribution in [-0.4, -0.2) is 37.6 Å². The number of carbonyl (C=O) groups excluding carboxylic acids is 1. The zero-order valence-corrected chi connectivity index (χ0v) is 11.4. The summed E-state index contributed by atoms with van der Waals surface area (Å²) in [5.41, 5.74) is 6.70. The number of carbonyl (C=O) groups is 1. The fourth-order valence-electron chi connectivity index (χ4n) is 2.31. The van der Waals surface area contributed by atoms with Gasteiger partial charge in [0, 0.05) is 0 Å². The predicted octanol–water partition coefficient (Wildman–Crippen LogP) is 1.57. The number of hydrogen-bond donors (Lipinski definition) is 1. The molecule has 4 heteroatoms. The number of nitrogens with zero attached hydrogens (tertiary/aromatic N) is 1. The van der Waals surface area contributed by atoms with E-state index in [1.54, 1.807) is 0 Å². The fourth-order valence-corrected chi connectivity index (χ4v) is 2.31. The van der Waals surface area contributed by atoms with Crippen molar-refractivity contribution in [1.82, 2.24) is 4.90 Å². The van der Waals surface area contributed by atoms with Gasteiger partial charge in [0.15, 0.2) is 0 Å². The molecule has 0 radical (unpaired) electrons. The largest absolute Gasteiger partial charge is 0.464 e. The van der Waals surface area contributed by atoms with Crippen LogP contribution in [0, 0.1) is 5.92 Å². The Bertz CT molecular complexity index is 400. The summed E-state index contributed by atoms with van der Waals surface area (Å²) < 4.78 is 5.35. The van der Waals surface area contributed by atoms with Crippen LogP contribution < -0.4 is 5.73 Å². The van der Waals surface area contributed by atoms with Gasteiger partial charge < -0.3 is 15.4 Å². The van der Waals surface area contributed by atoms with Crippen LogP contribution in [0.2, 0.25) is 0 Å². The summed E-state index contributed by atoms with van der Waals surface area (Å²) in [6.45, 7) is 2.65. The molecule has 104 valence electrons. The lowest BCUT2D eigenvalue weighted by Gasteiger charge is -2.28. The van der Waals surface area contributed by atoms with Crippen molar-refractivity contribution in [3.63, 3.8) is 0 Å². The third kappa shape index (κ3) is 4.04. The molecule has 2 rings (SSSR count). The van der Waals surface area contributed by atoms with E-state index in [9.17, 15) is 4.79 Å². The second kappa shape index (κ2) is 6.68. The highest BCUT2D eigenvalue weighted by atomic mass is 16.5. The lowest BCUT2D eigenvalue weighted by Crippen LogP contribution is -2.33. The van der Waals surface area contributed by atoms with Gasteiger partial charge in [-0.3, -0.25) is 0 Å². The first-order chi connectivity index (χ1) is 9.16. The van der Waals surface area contributed by atoms with Crippen molar-refractivity contribution in [3.05, 3.63) is 35.9 Å². The van der Waals surface area contributed by atoms with Crippen molar-refractivity contribution in [2.24, 2.45) is 11.7 Å². The Labute approximate surface area is 114 Å². The maximum Gasteiger partial charge on any atom is 0.327 e. The van der Waals surface area contributed by atoms with E-state index in [2.05, 4.69) is 11.9 Å². The molecular weight excluding hydrogens is 240 g/mol. The van der Waals surface area contributed by atoms with Crippen LogP contribution in [0.3, 0.4) is 0 Å². The van der Waals surface area contributed by atoms with Gasteiger partial charge in [-0.1, -0.05) is 30.3 Å². The summed E-state index contributed by atoms with van der Waals surface area (Å²) in [6.07, 6.45) is 2.18. The van der Waals surface area contributed by atoms with E-state index < -0.39 is 6.04 Å². The normalized spacial score (nSPS) is 19.1. The average molecular weight is 262 g/mol. The highest BCUT2D eigenvalue weighted by molar-refractivity contribution is 5.77. The van der Waals surface area contributed by atoms with Gasteiger partial charge in [-0.05, 0) is 44.5 Å². The van der Waals surface area contributed by atoms with E-state index in [0.717, 1.165) is 31.5 Å². The molecule has 1 aromatic carbocycles. The Balaban J connectivity index is 1.78. The molecule has 0 aromatic heterocycles. The minimum atomic E-state index is -0.674. The number of likely N-dealkylation sites (tertiary alicyclic amines) is 1. The molecule has 1 aliphatic heterocycles. The van der Waals surface area contributed by atoms with Crippen LogP contribution in [0.15, 0.2) is 30.3 Å². The summed E-state index contributed by atoms with van der Waals surface area (Å²) in [6, 6.07) is 8.68. The molecule has 19 heavy (non-hydrogen) atoms. The fraction of sp³-hybridized carbons (Fsp3) is 0.533. The second-order valence-corrected chi connectivity index (χ2v) is 5.27. The molecular formula is C15H22N2O2. The number of nitrogens with two attached hydrogens (primary N) is 1. The lowest BCUT2D eigenvalue weighted by molar-refractivity contribution is -0.147. The van der Waals surface area contributed by atoms with Gasteiger partial charge in [0.25, 0.3) is 0 Å². The van der Waals surface area contributed by atoms with Gasteiger partial charge in [-0.2, -0.15) is 0 Å². The van der Waals surface area contributed by atoms with Crippen LogP contribution in [0.25, 0.3) is 0 Å². The SMILES string of the molecule is CN1CCC(COC(=O)C(N)c2ccccc2)CC1. The lowest BCUT2D eigenvalue weighted by atomic mass is 9.98. The van der Waals surface area contributed by atoms with Crippen LogP contribution in [-0.2, 0) is 9.53 Å². The van der Waals surface area contributed by atoms with Gasteiger partial charge in [0.05, 0.1) is 6.61 Å². The Hall–Kier alpha value is -1.39. The maximum absolute atomic E-state index is 11.9. The Morgan fingerprint density at radius 1 is 1.37 bits per heavy atom. The summed E-state index contributed by atoms with van der Waals surface area (Å²) in [7, 11) is 2.12. The molecule has 0 spiro atoms. The van der Waals surface area contributed by atoms with E-state index in [0.29, 0.717) is 12.5 Å². The average Bonchev–Trinajstić information content (AvgIpc) is 2.46. The highest BCUT2D eigenvalue weighted by Crippen LogP contribution is 2.18. The van der Waals surface area contributed by atoms with Crippen molar-refractivity contribution in [2.75, 3.05) is 26.7 Å². The first kappa shape index (κ1) is 14.0. The number of hydrogen-bond acceptors (Lipinski definition) is 4. The molecule has 0 aliphatic carbocycles. The smallest absolute Gasteiger partial charge is 0.327 e. The van der Waals surface area contributed by atoms with Crippen molar-refractivity contribution in [2.45, 2.75) is 18.9 Å². The predicted molar refractivity (Wildman–Crippen MR) is 74.6 cm³/mol. The van der Waals surface area contributed by atoms with Crippen LogP contribution in [0.4, 0.5) is 0 Å². The summed E-state index contributed by atoms with van der Waals surface area (Å²) >= 11 is 0. The molecule has 0 saturated carbocycles. The molecule has 1 saturated heterocycles. The highest BCUT2D eigenvalue weighted by Gasteiger charge is 2.21. The molecule has 1 aliphatic rings. The van der Waals surface area contributed by atoms with E-state index in [4.69, 9.17) is 10.5 Å². The first-order valence-corrected chi connectivity index (χ1v) is 6.82. The summed E-state index contributed by atoms with van der Waals surface area (Å²) in [4.78, 5) is 14.2. The minimum Gasteiger partial charge on any atom is -0.464 e. The molecule has 1 atom stereocenters. The topological polar surface area (TPSA) is 55.6 Å². The molecule has 0 amide bonds. The Kier molecular flexibility index (Phi) is 4.93. The molecule has 1 fully saturated rings. The molecule has 0 bridgehead atoms. The zero-order chi connectivity index (χ0) is 13.7. The van der Waals surface area contributed by atoms with Gasteiger partial charge >= 0.3 is 5.97 Å². The number of esters is 1. The van der Waals surface area contributed by atoms with Crippen LogP contribution in [0.5, 0.6) is 0 Å². The summed E-state index contributed by atoms with van der Waals surface area (Å²) in [5, 5.41) is 0. The maximum atomic E-state index is 11.9.